The molecule has 0 unspecified atom stereocenters. The van der Waals surface area contributed by atoms with E-state index in [2.05, 4.69) is 25.3 Å². The molecular weight excluding hydrogens is 507 g/mol. The van der Waals surface area contributed by atoms with Gasteiger partial charge < -0.3 is 19.6 Å². The number of carbonyl (C=O) groups is 1. The van der Waals surface area contributed by atoms with Crippen molar-refractivity contribution in [2.75, 3.05) is 45.8 Å². The third-order valence-electron chi connectivity index (χ3n) is 5.20. The lowest BCUT2D eigenvalue weighted by atomic mass is 10.2. The van der Waals surface area contributed by atoms with Gasteiger partial charge in [-0.15, -0.1) is 24.0 Å². The van der Waals surface area contributed by atoms with Gasteiger partial charge in [0.1, 0.15) is 12.8 Å². The zero-order valence-electron chi connectivity index (χ0n) is 18.4. The Bertz CT molecular complexity index is 792. The topological polar surface area (TPSA) is 77.2 Å². The van der Waals surface area contributed by atoms with Gasteiger partial charge in [-0.25, -0.2) is 4.99 Å². The van der Waals surface area contributed by atoms with E-state index in [1.807, 2.05) is 55.1 Å². The molecular formula is C22H33IN6O2. The van der Waals surface area contributed by atoms with Crippen LogP contribution < -0.4 is 5.32 Å². The van der Waals surface area contributed by atoms with Gasteiger partial charge in [-0.2, -0.15) is 0 Å². The molecule has 0 atom stereocenters. The Labute approximate surface area is 201 Å². The number of piperazine rings is 1. The van der Waals surface area contributed by atoms with E-state index in [1.54, 1.807) is 6.26 Å². The lowest BCUT2D eigenvalue weighted by Gasteiger charge is -2.36. The zero-order chi connectivity index (χ0) is 21.2. The standard InChI is InChI=1S/C22H32N6O2.HI/c1-3-23-22(28-13-11-26(12-14-28)18-20-10-15-30-25-20)24-16-21(29)27(4-2)17-19-8-6-5-7-9-19;/h5-10,15H,3-4,11-14,16-18H2,1-2H3,(H,23,24);1H. The molecule has 0 aliphatic carbocycles. The Hall–Kier alpha value is -2.14. The molecule has 1 aliphatic rings. The number of aromatic nitrogens is 1. The molecule has 0 spiro atoms. The zero-order valence-corrected chi connectivity index (χ0v) is 20.7. The second kappa shape index (κ2) is 13.3. The number of amides is 1. The monoisotopic (exact) mass is 540 g/mol. The van der Waals surface area contributed by atoms with E-state index in [9.17, 15) is 4.79 Å². The molecule has 3 rings (SSSR count). The molecule has 1 amide bonds. The summed E-state index contributed by atoms with van der Waals surface area (Å²) >= 11 is 0. The fraction of sp³-hybridized carbons (Fsp3) is 0.500. The lowest BCUT2D eigenvalue weighted by Crippen LogP contribution is -2.52. The molecule has 1 N–H and O–H groups in total. The summed E-state index contributed by atoms with van der Waals surface area (Å²) in [6.07, 6.45) is 1.61. The second-order valence-corrected chi connectivity index (χ2v) is 7.32. The number of likely N-dealkylation sites (N-methyl/N-ethyl adjacent to an activating group) is 1. The predicted molar refractivity (Wildman–Crippen MR) is 132 cm³/mol. The molecule has 0 saturated carbocycles. The van der Waals surface area contributed by atoms with Gasteiger partial charge in [-0.1, -0.05) is 35.5 Å². The summed E-state index contributed by atoms with van der Waals surface area (Å²) in [6.45, 7) is 10.6. The number of aliphatic imine (C=N–C) groups is 1. The summed E-state index contributed by atoms with van der Waals surface area (Å²) in [5.74, 6) is 0.851. The summed E-state index contributed by atoms with van der Waals surface area (Å²) in [7, 11) is 0. The van der Waals surface area contributed by atoms with Crippen molar-refractivity contribution in [2.24, 2.45) is 4.99 Å². The number of benzene rings is 1. The number of hydrogen-bond acceptors (Lipinski definition) is 5. The number of nitrogens with zero attached hydrogens (tertiary/aromatic N) is 5. The minimum atomic E-state index is 0. The summed E-state index contributed by atoms with van der Waals surface area (Å²) in [5.41, 5.74) is 2.08. The lowest BCUT2D eigenvalue weighted by molar-refractivity contribution is -0.130. The van der Waals surface area contributed by atoms with Gasteiger partial charge in [0.25, 0.3) is 0 Å². The van der Waals surface area contributed by atoms with Gasteiger partial charge in [-0.3, -0.25) is 9.69 Å². The van der Waals surface area contributed by atoms with E-state index in [0.29, 0.717) is 13.1 Å². The minimum Gasteiger partial charge on any atom is -0.364 e. The Morgan fingerprint density at radius 2 is 1.90 bits per heavy atom. The van der Waals surface area contributed by atoms with Crippen molar-refractivity contribution in [1.82, 2.24) is 25.2 Å². The van der Waals surface area contributed by atoms with E-state index in [4.69, 9.17) is 4.52 Å². The fourth-order valence-electron chi connectivity index (χ4n) is 3.51. The predicted octanol–water partition coefficient (Wildman–Crippen LogP) is 2.42. The molecule has 0 bridgehead atoms. The van der Waals surface area contributed by atoms with Crippen LogP contribution in [0.3, 0.4) is 0 Å². The highest BCUT2D eigenvalue weighted by Gasteiger charge is 2.21. The molecule has 1 aliphatic heterocycles. The van der Waals surface area contributed by atoms with E-state index in [-0.39, 0.29) is 36.4 Å². The summed E-state index contributed by atoms with van der Waals surface area (Å²) in [5, 5.41) is 7.32. The number of hydrogen-bond donors (Lipinski definition) is 1. The van der Waals surface area contributed by atoms with E-state index in [1.165, 1.54) is 0 Å². The van der Waals surface area contributed by atoms with E-state index < -0.39 is 0 Å². The number of guanidine groups is 1. The highest BCUT2D eigenvalue weighted by molar-refractivity contribution is 14.0. The van der Waals surface area contributed by atoms with Gasteiger partial charge in [0.2, 0.25) is 5.91 Å². The van der Waals surface area contributed by atoms with Crippen LogP contribution in [0.2, 0.25) is 0 Å². The van der Waals surface area contributed by atoms with E-state index >= 15 is 0 Å². The van der Waals surface area contributed by atoms with Crippen LogP contribution in [-0.2, 0) is 17.9 Å². The highest BCUT2D eigenvalue weighted by Crippen LogP contribution is 2.08. The van der Waals surface area contributed by atoms with Crippen LogP contribution in [0.15, 0.2) is 52.2 Å². The van der Waals surface area contributed by atoms with Crippen LogP contribution in [0.5, 0.6) is 0 Å². The molecule has 1 aromatic carbocycles. The Morgan fingerprint density at radius 1 is 1.16 bits per heavy atom. The van der Waals surface area contributed by atoms with Gasteiger partial charge in [-0.05, 0) is 19.4 Å². The third kappa shape index (κ3) is 7.80. The number of rotatable bonds is 8. The molecule has 1 fully saturated rings. The summed E-state index contributed by atoms with van der Waals surface area (Å²) in [4.78, 5) is 23.8. The normalized spacial score (nSPS) is 14.8. The second-order valence-electron chi connectivity index (χ2n) is 7.32. The van der Waals surface area contributed by atoms with Gasteiger partial charge in [0, 0.05) is 58.4 Å². The Morgan fingerprint density at radius 3 is 2.52 bits per heavy atom. The molecule has 2 aromatic rings. The molecule has 31 heavy (non-hydrogen) atoms. The molecule has 0 radical (unpaired) electrons. The Kier molecular flexibility index (Phi) is 10.8. The van der Waals surface area contributed by atoms with Crippen LogP contribution >= 0.6 is 24.0 Å². The number of carbonyl (C=O) groups excluding carboxylic acids is 1. The number of nitrogens with one attached hydrogen (secondary N) is 1. The van der Waals surface area contributed by atoms with Crippen molar-refractivity contribution < 1.29 is 9.32 Å². The van der Waals surface area contributed by atoms with Crippen LogP contribution in [0.4, 0.5) is 0 Å². The number of halogens is 1. The van der Waals surface area contributed by atoms with Crippen molar-refractivity contribution in [3.05, 3.63) is 53.9 Å². The van der Waals surface area contributed by atoms with Crippen molar-refractivity contribution in [2.45, 2.75) is 26.9 Å². The van der Waals surface area contributed by atoms with Crippen LogP contribution in [-0.4, -0.2) is 77.5 Å². The van der Waals surface area contributed by atoms with Crippen molar-refractivity contribution in [3.63, 3.8) is 0 Å². The maximum atomic E-state index is 12.7. The quantitative estimate of drug-likeness (QED) is 0.315. The first-order chi connectivity index (χ1) is 14.7. The fourth-order valence-corrected chi connectivity index (χ4v) is 3.51. The van der Waals surface area contributed by atoms with Crippen LogP contribution in [0.1, 0.15) is 25.1 Å². The molecule has 8 nitrogen and oxygen atoms in total. The summed E-state index contributed by atoms with van der Waals surface area (Å²) in [6, 6.07) is 12.0. The van der Waals surface area contributed by atoms with Gasteiger partial charge in [0.05, 0.1) is 5.69 Å². The van der Waals surface area contributed by atoms with Gasteiger partial charge >= 0.3 is 0 Å². The van der Waals surface area contributed by atoms with Crippen molar-refractivity contribution in [1.29, 1.82) is 0 Å². The minimum absolute atomic E-state index is 0. The Balaban J connectivity index is 0.00000341. The first-order valence-corrected chi connectivity index (χ1v) is 10.7. The molecule has 170 valence electrons. The van der Waals surface area contributed by atoms with Gasteiger partial charge in [0.15, 0.2) is 5.96 Å². The molecule has 9 heteroatoms. The maximum absolute atomic E-state index is 12.7. The molecule has 1 saturated heterocycles. The average molecular weight is 540 g/mol. The van der Waals surface area contributed by atoms with E-state index in [0.717, 1.165) is 56.5 Å². The van der Waals surface area contributed by atoms with Crippen LogP contribution in [0.25, 0.3) is 0 Å². The first-order valence-electron chi connectivity index (χ1n) is 10.7. The smallest absolute Gasteiger partial charge is 0.244 e. The van der Waals surface area contributed by atoms with Crippen molar-refractivity contribution in [3.8, 4) is 0 Å². The van der Waals surface area contributed by atoms with Crippen LogP contribution in [0, 0.1) is 0 Å². The maximum Gasteiger partial charge on any atom is 0.244 e. The van der Waals surface area contributed by atoms with Crippen molar-refractivity contribution >= 4 is 35.8 Å². The third-order valence-corrected chi connectivity index (χ3v) is 5.20. The SMILES string of the molecule is CCNC(=NCC(=O)N(CC)Cc1ccccc1)N1CCN(Cc2ccon2)CC1.I. The average Bonchev–Trinajstić information content (AvgIpc) is 3.29. The molecule has 1 aromatic heterocycles. The highest BCUT2D eigenvalue weighted by atomic mass is 127. The first kappa shape index (κ1) is 25.1. The molecule has 2 heterocycles. The largest absolute Gasteiger partial charge is 0.364 e. The summed E-state index contributed by atoms with van der Waals surface area (Å²) < 4.78 is 4.92.